The number of halogens is 3. The molecule has 0 heterocycles. The standard InChI is InChI=1S/C16H22F3N/c1-12(13-8-4-2-5-9-13)20-15(16(17,18)19)14-10-6-3-7-11-14/h3,6-7,10-13,15,20H,2,4-5,8-9H2,1H3/t12-,15?/m1/s1. The maximum Gasteiger partial charge on any atom is 0.407 e. The van der Waals surface area contributed by atoms with Crippen molar-refractivity contribution < 1.29 is 13.2 Å². The highest BCUT2D eigenvalue weighted by Crippen LogP contribution is 2.35. The van der Waals surface area contributed by atoms with E-state index >= 15 is 0 Å². The first-order chi connectivity index (χ1) is 9.48. The molecule has 4 heteroatoms. The van der Waals surface area contributed by atoms with Gasteiger partial charge in [0.15, 0.2) is 0 Å². The van der Waals surface area contributed by atoms with Crippen molar-refractivity contribution in [2.45, 2.75) is 57.3 Å². The molecule has 0 aliphatic heterocycles. The van der Waals surface area contributed by atoms with Crippen LogP contribution in [-0.4, -0.2) is 12.2 Å². The fourth-order valence-corrected chi connectivity index (χ4v) is 3.06. The molecule has 0 bridgehead atoms. The predicted molar refractivity (Wildman–Crippen MR) is 74.4 cm³/mol. The first-order valence-electron chi connectivity index (χ1n) is 7.36. The van der Waals surface area contributed by atoms with E-state index in [2.05, 4.69) is 5.32 Å². The van der Waals surface area contributed by atoms with Crippen LogP contribution in [0.4, 0.5) is 13.2 Å². The summed E-state index contributed by atoms with van der Waals surface area (Å²) in [5, 5.41) is 2.82. The van der Waals surface area contributed by atoms with Gasteiger partial charge in [-0.15, -0.1) is 0 Å². The molecule has 1 unspecified atom stereocenters. The van der Waals surface area contributed by atoms with E-state index in [9.17, 15) is 13.2 Å². The summed E-state index contributed by atoms with van der Waals surface area (Å²) in [4.78, 5) is 0. The van der Waals surface area contributed by atoms with E-state index in [1.54, 1.807) is 30.3 Å². The summed E-state index contributed by atoms with van der Waals surface area (Å²) in [5.41, 5.74) is 0.294. The molecule has 1 aromatic rings. The third kappa shape index (κ3) is 3.98. The molecule has 1 saturated carbocycles. The van der Waals surface area contributed by atoms with Crippen molar-refractivity contribution in [3.8, 4) is 0 Å². The first-order valence-corrected chi connectivity index (χ1v) is 7.36. The second kappa shape index (κ2) is 6.61. The first kappa shape index (κ1) is 15.4. The van der Waals surface area contributed by atoms with Crippen LogP contribution in [0.5, 0.6) is 0 Å². The number of alkyl halides is 3. The number of rotatable bonds is 4. The van der Waals surface area contributed by atoms with Gasteiger partial charge in [0.05, 0.1) is 0 Å². The van der Waals surface area contributed by atoms with Crippen molar-refractivity contribution in [3.63, 3.8) is 0 Å². The lowest BCUT2D eigenvalue weighted by Crippen LogP contribution is -2.43. The number of nitrogens with one attached hydrogen (secondary N) is 1. The Morgan fingerprint density at radius 2 is 1.65 bits per heavy atom. The maximum absolute atomic E-state index is 13.3. The highest BCUT2D eigenvalue weighted by atomic mass is 19.4. The van der Waals surface area contributed by atoms with Crippen LogP contribution in [0.3, 0.4) is 0 Å². The Kier molecular flexibility index (Phi) is 5.08. The van der Waals surface area contributed by atoms with E-state index in [-0.39, 0.29) is 6.04 Å². The minimum Gasteiger partial charge on any atom is -0.300 e. The topological polar surface area (TPSA) is 12.0 Å². The second-order valence-electron chi connectivity index (χ2n) is 5.74. The van der Waals surface area contributed by atoms with E-state index in [1.165, 1.54) is 6.42 Å². The van der Waals surface area contributed by atoms with Gasteiger partial charge in [-0.1, -0.05) is 49.6 Å². The van der Waals surface area contributed by atoms with Gasteiger partial charge >= 0.3 is 6.18 Å². The SMILES string of the molecule is C[C@@H](NC(c1ccccc1)C(F)(F)F)C1CCCCC1. The Balaban J connectivity index is 2.08. The average Bonchev–Trinajstić information content (AvgIpc) is 2.45. The average molecular weight is 285 g/mol. The lowest BCUT2D eigenvalue weighted by atomic mass is 9.84. The molecule has 1 aliphatic carbocycles. The Morgan fingerprint density at radius 1 is 1.05 bits per heavy atom. The maximum atomic E-state index is 13.3. The Labute approximate surface area is 118 Å². The van der Waals surface area contributed by atoms with E-state index in [0.29, 0.717) is 11.5 Å². The van der Waals surface area contributed by atoms with Crippen molar-refractivity contribution in [2.24, 2.45) is 5.92 Å². The molecule has 1 N–H and O–H groups in total. The molecule has 1 nitrogen and oxygen atoms in total. The zero-order chi connectivity index (χ0) is 14.6. The second-order valence-corrected chi connectivity index (χ2v) is 5.74. The quantitative estimate of drug-likeness (QED) is 0.834. The molecule has 0 radical (unpaired) electrons. The van der Waals surface area contributed by atoms with Crippen molar-refractivity contribution >= 4 is 0 Å². The van der Waals surface area contributed by atoms with E-state index in [1.807, 2.05) is 6.92 Å². The van der Waals surface area contributed by atoms with Gasteiger partial charge in [0.2, 0.25) is 0 Å². The van der Waals surface area contributed by atoms with Gasteiger partial charge in [-0.3, -0.25) is 5.32 Å². The van der Waals surface area contributed by atoms with Gasteiger partial charge in [0.25, 0.3) is 0 Å². The molecule has 2 atom stereocenters. The molecular formula is C16H22F3N. The van der Waals surface area contributed by atoms with Crippen LogP contribution >= 0.6 is 0 Å². The molecule has 1 aliphatic rings. The summed E-state index contributed by atoms with van der Waals surface area (Å²) < 4.78 is 39.8. The van der Waals surface area contributed by atoms with E-state index < -0.39 is 12.2 Å². The number of benzene rings is 1. The Bertz CT molecular complexity index is 396. The summed E-state index contributed by atoms with van der Waals surface area (Å²) in [7, 11) is 0. The molecule has 1 aromatic carbocycles. The summed E-state index contributed by atoms with van der Waals surface area (Å²) in [6.07, 6.45) is 1.30. The fourth-order valence-electron chi connectivity index (χ4n) is 3.06. The highest BCUT2D eigenvalue weighted by molar-refractivity contribution is 5.20. The number of hydrogen-bond acceptors (Lipinski definition) is 1. The molecule has 2 rings (SSSR count). The lowest BCUT2D eigenvalue weighted by molar-refractivity contribution is -0.160. The van der Waals surface area contributed by atoms with Gasteiger partial charge in [-0.25, -0.2) is 0 Å². The van der Waals surface area contributed by atoms with Crippen LogP contribution < -0.4 is 5.32 Å². The van der Waals surface area contributed by atoms with Crippen molar-refractivity contribution in [3.05, 3.63) is 35.9 Å². The minimum atomic E-state index is -4.26. The van der Waals surface area contributed by atoms with Gasteiger partial charge in [-0.2, -0.15) is 13.2 Å². The Morgan fingerprint density at radius 3 is 2.20 bits per heavy atom. The fraction of sp³-hybridized carbons (Fsp3) is 0.625. The molecule has 0 spiro atoms. The molecule has 0 amide bonds. The van der Waals surface area contributed by atoms with Gasteiger partial charge in [0.1, 0.15) is 6.04 Å². The molecular weight excluding hydrogens is 263 g/mol. The van der Waals surface area contributed by atoms with Crippen LogP contribution in [-0.2, 0) is 0 Å². The summed E-state index contributed by atoms with van der Waals surface area (Å²) in [6, 6.07) is 6.45. The van der Waals surface area contributed by atoms with Gasteiger partial charge in [-0.05, 0) is 31.2 Å². The third-order valence-corrected chi connectivity index (χ3v) is 4.25. The zero-order valence-electron chi connectivity index (χ0n) is 11.8. The van der Waals surface area contributed by atoms with Gasteiger partial charge < -0.3 is 0 Å². The van der Waals surface area contributed by atoms with Crippen LogP contribution in [0, 0.1) is 5.92 Å². The van der Waals surface area contributed by atoms with E-state index in [0.717, 1.165) is 25.7 Å². The number of hydrogen-bond donors (Lipinski definition) is 1. The summed E-state index contributed by atoms with van der Waals surface area (Å²) in [5.74, 6) is 0.359. The van der Waals surface area contributed by atoms with Crippen LogP contribution in [0.1, 0.15) is 50.6 Å². The van der Waals surface area contributed by atoms with E-state index in [4.69, 9.17) is 0 Å². The zero-order valence-corrected chi connectivity index (χ0v) is 11.8. The third-order valence-electron chi connectivity index (χ3n) is 4.25. The molecule has 0 saturated heterocycles. The summed E-state index contributed by atoms with van der Waals surface area (Å²) >= 11 is 0. The predicted octanol–water partition coefficient (Wildman–Crippen LogP) is 4.85. The van der Waals surface area contributed by atoms with Crippen molar-refractivity contribution in [1.29, 1.82) is 0 Å². The van der Waals surface area contributed by atoms with Crippen molar-refractivity contribution in [2.75, 3.05) is 0 Å². The highest BCUT2D eigenvalue weighted by Gasteiger charge is 2.42. The van der Waals surface area contributed by atoms with Crippen LogP contribution in [0.15, 0.2) is 30.3 Å². The van der Waals surface area contributed by atoms with Crippen LogP contribution in [0.25, 0.3) is 0 Å². The monoisotopic (exact) mass is 285 g/mol. The van der Waals surface area contributed by atoms with Crippen molar-refractivity contribution in [1.82, 2.24) is 5.32 Å². The molecule has 0 aromatic heterocycles. The summed E-state index contributed by atoms with van der Waals surface area (Å²) in [6.45, 7) is 1.89. The lowest BCUT2D eigenvalue weighted by Gasteiger charge is -2.32. The van der Waals surface area contributed by atoms with Crippen LogP contribution in [0.2, 0.25) is 0 Å². The van der Waals surface area contributed by atoms with Gasteiger partial charge in [0, 0.05) is 6.04 Å². The normalized spacial score (nSPS) is 20.6. The Hall–Kier alpha value is -1.03. The molecule has 112 valence electrons. The minimum absolute atomic E-state index is 0.109. The molecule has 20 heavy (non-hydrogen) atoms. The molecule has 1 fully saturated rings. The smallest absolute Gasteiger partial charge is 0.300 e. The largest absolute Gasteiger partial charge is 0.407 e.